The highest BCUT2D eigenvalue weighted by Gasteiger charge is 2.12. The van der Waals surface area contributed by atoms with Crippen LogP contribution in [0, 0.1) is 5.92 Å². The van der Waals surface area contributed by atoms with E-state index in [1.54, 1.807) is 6.20 Å². The molecule has 0 spiro atoms. The van der Waals surface area contributed by atoms with E-state index < -0.39 is 0 Å². The third kappa shape index (κ3) is 3.38. The summed E-state index contributed by atoms with van der Waals surface area (Å²) in [5, 5.41) is 0.835. The Labute approximate surface area is 117 Å². The van der Waals surface area contributed by atoms with Crippen LogP contribution in [0.2, 0.25) is 0 Å². The van der Waals surface area contributed by atoms with Gasteiger partial charge in [0.25, 0.3) is 5.91 Å². The molecule has 1 aromatic heterocycles. The molecule has 5 nitrogen and oxygen atoms in total. The van der Waals surface area contributed by atoms with Crippen molar-refractivity contribution in [3.63, 3.8) is 0 Å². The molecule has 0 unspecified atom stereocenters. The molecule has 20 heavy (non-hydrogen) atoms. The Morgan fingerprint density at radius 3 is 2.70 bits per heavy atom. The summed E-state index contributed by atoms with van der Waals surface area (Å²) in [5.41, 5.74) is 6.29. The molecule has 2 amide bonds. The highest BCUT2D eigenvalue weighted by atomic mass is 16.2. The van der Waals surface area contributed by atoms with E-state index in [1.165, 1.54) is 0 Å². The van der Waals surface area contributed by atoms with Gasteiger partial charge in [-0.1, -0.05) is 32.0 Å². The lowest BCUT2D eigenvalue weighted by Gasteiger charge is -2.07. The van der Waals surface area contributed by atoms with Gasteiger partial charge in [-0.15, -0.1) is 0 Å². The third-order valence-electron chi connectivity index (χ3n) is 3.10. The second-order valence-electron chi connectivity index (χ2n) is 5.18. The zero-order valence-electron chi connectivity index (χ0n) is 11.7. The molecule has 0 atom stereocenters. The molecular formula is C15H19N3O2. The average molecular weight is 273 g/mol. The normalized spacial score (nSPS) is 10.8. The number of hydrazine groups is 1. The van der Waals surface area contributed by atoms with Crippen molar-refractivity contribution in [2.75, 3.05) is 0 Å². The summed E-state index contributed by atoms with van der Waals surface area (Å²) < 4.78 is 0. The molecule has 0 aliphatic carbocycles. The summed E-state index contributed by atoms with van der Waals surface area (Å²) in [6.07, 6.45) is 2.85. The van der Waals surface area contributed by atoms with Gasteiger partial charge < -0.3 is 4.98 Å². The topological polar surface area (TPSA) is 74.0 Å². The van der Waals surface area contributed by atoms with Crippen molar-refractivity contribution in [1.82, 2.24) is 15.8 Å². The zero-order valence-corrected chi connectivity index (χ0v) is 11.7. The molecular weight excluding hydrogens is 254 g/mol. The minimum Gasteiger partial charge on any atom is -0.360 e. The Morgan fingerprint density at radius 2 is 1.95 bits per heavy atom. The summed E-state index contributed by atoms with van der Waals surface area (Å²) in [6.45, 7) is 4.11. The molecule has 0 radical (unpaired) electrons. The SMILES string of the molecule is CC(C)CCC(=O)NNC(=O)c1c[nH]c2ccccc12. The van der Waals surface area contributed by atoms with E-state index in [0.717, 1.165) is 17.3 Å². The first-order chi connectivity index (χ1) is 9.58. The predicted octanol–water partition coefficient (Wildman–Crippen LogP) is 2.37. The molecule has 2 aromatic rings. The van der Waals surface area contributed by atoms with Crippen LogP contribution in [0.3, 0.4) is 0 Å². The number of aromatic nitrogens is 1. The van der Waals surface area contributed by atoms with Crippen LogP contribution in [-0.2, 0) is 4.79 Å². The van der Waals surface area contributed by atoms with Gasteiger partial charge in [0.05, 0.1) is 5.56 Å². The van der Waals surface area contributed by atoms with Crippen molar-refractivity contribution < 1.29 is 9.59 Å². The predicted molar refractivity (Wildman–Crippen MR) is 78.0 cm³/mol. The molecule has 0 saturated heterocycles. The van der Waals surface area contributed by atoms with Crippen LogP contribution in [-0.4, -0.2) is 16.8 Å². The summed E-state index contributed by atoms with van der Waals surface area (Å²) >= 11 is 0. The van der Waals surface area contributed by atoms with Gasteiger partial charge in [0.1, 0.15) is 0 Å². The van der Waals surface area contributed by atoms with Crippen LogP contribution in [0.4, 0.5) is 0 Å². The van der Waals surface area contributed by atoms with E-state index in [2.05, 4.69) is 29.7 Å². The van der Waals surface area contributed by atoms with Crippen LogP contribution in [0.25, 0.3) is 10.9 Å². The monoisotopic (exact) mass is 273 g/mol. The first kappa shape index (κ1) is 14.1. The number of amides is 2. The first-order valence-corrected chi connectivity index (χ1v) is 6.73. The second kappa shape index (κ2) is 6.23. The van der Waals surface area contributed by atoms with E-state index in [9.17, 15) is 9.59 Å². The number of aromatic amines is 1. The smallest absolute Gasteiger partial charge is 0.271 e. The number of rotatable bonds is 4. The summed E-state index contributed by atoms with van der Waals surface area (Å²) in [6, 6.07) is 7.52. The Balaban J connectivity index is 1.94. The number of carbonyl (C=O) groups excluding carboxylic acids is 2. The van der Waals surface area contributed by atoms with Gasteiger partial charge in [-0.3, -0.25) is 20.4 Å². The number of fused-ring (bicyclic) bond motifs is 1. The maximum absolute atomic E-state index is 12.0. The average Bonchev–Trinajstić information content (AvgIpc) is 2.86. The fraction of sp³-hybridized carbons (Fsp3) is 0.333. The van der Waals surface area contributed by atoms with Crippen LogP contribution in [0.15, 0.2) is 30.5 Å². The quantitative estimate of drug-likeness (QED) is 0.748. The number of para-hydroxylation sites is 1. The fourth-order valence-corrected chi connectivity index (χ4v) is 1.94. The lowest BCUT2D eigenvalue weighted by molar-refractivity contribution is -0.122. The van der Waals surface area contributed by atoms with Gasteiger partial charge in [0.2, 0.25) is 5.91 Å². The van der Waals surface area contributed by atoms with Gasteiger partial charge in [-0.25, -0.2) is 0 Å². The van der Waals surface area contributed by atoms with Crippen LogP contribution in [0.1, 0.15) is 37.0 Å². The number of benzene rings is 1. The highest BCUT2D eigenvalue weighted by Crippen LogP contribution is 2.17. The van der Waals surface area contributed by atoms with Crippen molar-refractivity contribution in [2.45, 2.75) is 26.7 Å². The summed E-state index contributed by atoms with van der Waals surface area (Å²) in [4.78, 5) is 26.6. The van der Waals surface area contributed by atoms with E-state index >= 15 is 0 Å². The third-order valence-corrected chi connectivity index (χ3v) is 3.10. The minimum absolute atomic E-state index is 0.174. The van der Waals surface area contributed by atoms with E-state index in [4.69, 9.17) is 0 Å². The Hall–Kier alpha value is -2.30. The first-order valence-electron chi connectivity index (χ1n) is 6.73. The molecule has 106 valence electrons. The van der Waals surface area contributed by atoms with Gasteiger partial charge >= 0.3 is 0 Å². The van der Waals surface area contributed by atoms with Crippen molar-refractivity contribution in [1.29, 1.82) is 0 Å². The Bertz CT molecular complexity index is 616. The molecule has 1 heterocycles. The van der Waals surface area contributed by atoms with Crippen molar-refractivity contribution in [3.05, 3.63) is 36.0 Å². The Morgan fingerprint density at radius 1 is 1.20 bits per heavy atom. The van der Waals surface area contributed by atoms with Crippen molar-refractivity contribution in [2.24, 2.45) is 5.92 Å². The number of hydrogen-bond donors (Lipinski definition) is 3. The lowest BCUT2D eigenvalue weighted by atomic mass is 10.1. The molecule has 3 N–H and O–H groups in total. The number of nitrogens with one attached hydrogen (secondary N) is 3. The summed E-state index contributed by atoms with van der Waals surface area (Å²) in [5.74, 6) is -0.0303. The maximum Gasteiger partial charge on any atom is 0.271 e. The minimum atomic E-state index is -0.319. The van der Waals surface area contributed by atoms with Gasteiger partial charge in [0, 0.05) is 23.5 Å². The van der Waals surface area contributed by atoms with E-state index in [0.29, 0.717) is 17.9 Å². The molecule has 0 aliphatic heterocycles. The molecule has 0 saturated carbocycles. The molecule has 0 bridgehead atoms. The largest absolute Gasteiger partial charge is 0.360 e. The van der Waals surface area contributed by atoms with Gasteiger partial charge in [0.15, 0.2) is 0 Å². The van der Waals surface area contributed by atoms with Gasteiger partial charge in [-0.05, 0) is 18.4 Å². The number of hydrogen-bond acceptors (Lipinski definition) is 2. The van der Waals surface area contributed by atoms with E-state index in [-0.39, 0.29) is 11.8 Å². The van der Waals surface area contributed by atoms with Gasteiger partial charge in [-0.2, -0.15) is 0 Å². The molecule has 2 rings (SSSR count). The fourth-order valence-electron chi connectivity index (χ4n) is 1.94. The highest BCUT2D eigenvalue weighted by molar-refractivity contribution is 6.07. The standard InChI is InChI=1S/C15H19N3O2/c1-10(2)7-8-14(19)17-18-15(20)12-9-16-13-6-4-3-5-11(12)13/h3-6,9-10,16H,7-8H2,1-2H3,(H,17,19)(H,18,20). The Kier molecular flexibility index (Phi) is 4.40. The zero-order chi connectivity index (χ0) is 14.5. The van der Waals surface area contributed by atoms with Crippen LogP contribution >= 0.6 is 0 Å². The summed E-state index contributed by atoms with van der Waals surface area (Å²) in [7, 11) is 0. The van der Waals surface area contributed by atoms with E-state index in [1.807, 2.05) is 24.3 Å². The molecule has 1 aromatic carbocycles. The van der Waals surface area contributed by atoms with Crippen molar-refractivity contribution >= 4 is 22.7 Å². The molecule has 0 fully saturated rings. The lowest BCUT2D eigenvalue weighted by Crippen LogP contribution is -2.41. The second-order valence-corrected chi connectivity index (χ2v) is 5.18. The maximum atomic E-state index is 12.0. The molecule has 5 heteroatoms. The van der Waals surface area contributed by atoms with Crippen molar-refractivity contribution in [3.8, 4) is 0 Å². The number of carbonyl (C=O) groups is 2. The molecule has 0 aliphatic rings. The van der Waals surface area contributed by atoms with Crippen LogP contribution in [0.5, 0.6) is 0 Å². The van der Waals surface area contributed by atoms with Crippen LogP contribution < -0.4 is 10.9 Å². The number of H-pyrrole nitrogens is 1.